The molecule has 6 heteroatoms. The lowest BCUT2D eigenvalue weighted by molar-refractivity contribution is -0.122. The van der Waals surface area contributed by atoms with Gasteiger partial charge in [-0.2, -0.15) is 5.10 Å². The van der Waals surface area contributed by atoms with E-state index >= 15 is 0 Å². The molecule has 2 heterocycles. The second-order valence-corrected chi connectivity index (χ2v) is 8.29. The molecule has 2 fully saturated rings. The molecule has 150 valence electrons. The van der Waals surface area contributed by atoms with E-state index in [-0.39, 0.29) is 24.1 Å². The molecule has 1 aromatic heterocycles. The Hall–Kier alpha value is -2.21. The first-order valence-electron chi connectivity index (χ1n) is 10.6. The summed E-state index contributed by atoms with van der Waals surface area (Å²) in [4.78, 5) is 27.8. The van der Waals surface area contributed by atoms with Crippen LogP contribution in [0.2, 0.25) is 0 Å². The summed E-state index contributed by atoms with van der Waals surface area (Å²) in [7, 11) is 0. The Bertz CT molecular complexity index is 899. The molecule has 28 heavy (non-hydrogen) atoms. The molecular formula is C22H30N4O2. The number of nitrogens with one attached hydrogen (secondary N) is 1. The molecule has 2 aromatic rings. The van der Waals surface area contributed by atoms with Crippen LogP contribution in [0.1, 0.15) is 50.6 Å². The molecule has 0 radical (unpaired) electrons. The van der Waals surface area contributed by atoms with Crippen molar-refractivity contribution in [2.45, 2.75) is 70.5 Å². The number of carbonyl (C=O) groups excluding carboxylic acids is 1. The van der Waals surface area contributed by atoms with Crippen molar-refractivity contribution in [1.29, 1.82) is 0 Å². The van der Waals surface area contributed by atoms with Crippen LogP contribution in [0, 0.1) is 6.92 Å². The predicted octanol–water partition coefficient (Wildman–Crippen LogP) is 2.62. The van der Waals surface area contributed by atoms with Crippen LogP contribution in [0.5, 0.6) is 0 Å². The number of carbonyl (C=O) groups is 1. The maximum Gasteiger partial charge on any atom is 0.275 e. The minimum atomic E-state index is -0.206. The summed E-state index contributed by atoms with van der Waals surface area (Å²) >= 11 is 0. The summed E-state index contributed by atoms with van der Waals surface area (Å²) in [5.41, 5.74) is 0.561. The van der Waals surface area contributed by atoms with Gasteiger partial charge in [-0.15, -0.1) is 0 Å². The first kappa shape index (κ1) is 19.1. The highest BCUT2D eigenvalue weighted by Crippen LogP contribution is 2.25. The van der Waals surface area contributed by atoms with Crippen molar-refractivity contribution in [1.82, 2.24) is 20.0 Å². The van der Waals surface area contributed by atoms with Gasteiger partial charge in [0.25, 0.3) is 5.56 Å². The standard InChI is InChI=1S/C22H30N4O2/c1-16-19-10-6-7-11-20(19)22(28)26(24-16)15-21(27)23-17-12-13-25(14-17)18-8-4-2-3-5-9-18/h6-7,10-11,17-18H,2-5,8-9,12-15H2,1H3,(H,23,27). The fraction of sp³-hybridized carbons (Fsp3) is 0.591. The van der Waals surface area contributed by atoms with Crippen molar-refractivity contribution < 1.29 is 4.79 Å². The van der Waals surface area contributed by atoms with Gasteiger partial charge in [0.2, 0.25) is 5.91 Å². The Morgan fingerprint density at radius 3 is 2.57 bits per heavy atom. The van der Waals surface area contributed by atoms with Gasteiger partial charge < -0.3 is 5.32 Å². The second kappa shape index (κ2) is 8.43. The van der Waals surface area contributed by atoms with E-state index in [1.165, 1.54) is 43.2 Å². The van der Waals surface area contributed by atoms with Gasteiger partial charge in [0.05, 0.1) is 11.1 Å². The number of benzene rings is 1. The van der Waals surface area contributed by atoms with E-state index in [1.54, 1.807) is 6.07 Å². The van der Waals surface area contributed by atoms with Crippen LogP contribution in [-0.2, 0) is 11.3 Å². The van der Waals surface area contributed by atoms with Crippen molar-refractivity contribution in [3.05, 3.63) is 40.3 Å². The number of nitrogens with zero attached hydrogens (tertiary/aromatic N) is 3. The summed E-state index contributed by atoms with van der Waals surface area (Å²) in [5.74, 6) is -0.128. The van der Waals surface area contributed by atoms with Gasteiger partial charge in [0.15, 0.2) is 0 Å². The predicted molar refractivity (Wildman–Crippen MR) is 110 cm³/mol. The Labute approximate surface area is 165 Å². The molecule has 1 saturated heterocycles. The van der Waals surface area contributed by atoms with Gasteiger partial charge >= 0.3 is 0 Å². The zero-order valence-corrected chi connectivity index (χ0v) is 16.7. The molecule has 2 aliphatic rings. The highest BCUT2D eigenvalue weighted by Gasteiger charge is 2.29. The molecule has 1 atom stereocenters. The zero-order valence-electron chi connectivity index (χ0n) is 16.7. The fourth-order valence-electron chi connectivity index (χ4n) is 4.78. The Morgan fingerprint density at radius 1 is 1.11 bits per heavy atom. The minimum Gasteiger partial charge on any atom is -0.350 e. The third-order valence-corrected chi connectivity index (χ3v) is 6.27. The first-order valence-corrected chi connectivity index (χ1v) is 10.6. The van der Waals surface area contributed by atoms with Crippen LogP contribution >= 0.6 is 0 Å². The number of fused-ring (bicyclic) bond motifs is 1. The normalized spacial score (nSPS) is 21.7. The zero-order chi connectivity index (χ0) is 19.5. The Morgan fingerprint density at radius 2 is 1.82 bits per heavy atom. The molecule has 1 aliphatic heterocycles. The summed E-state index contributed by atoms with van der Waals surface area (Å²) in [6.45, 7) is 3.83. The average Bonchev–Trinajstić information content (AvgIpc) is 2.98. The van der Waals surface area contributed by atoms with Crippen LogP contribution in [0.25, 0.3) is 10.8 Å². The fourth-order valence-corrected chi connectivity index (χ4v) is 4.78. The van der Waals surface area contributed by atoms with E-state index in [4.69, 9.17) is 0 Å². The number of aryl methyl sites for hydroxylation is 1. The summed E-state index contributed by atoms with van der Waals surface area (Å²) in [6, 6.07) is 8.28. The number of hydrogen-bond donors (Lipinski definition) is 1. The average molecular weight is 383 g/mol. The van der Waals surface area contributed by atoms with E-state index in [0.717, 1.165) is 30.6 Å². The van der Waals surface area contributed by atoms with E-state index in [1.807, 2.05) is 25.1 Å². The molecule has 1 aromatic carbocycles. The molecule has 1 unspecified atom stereocenters. The van der Waals surface area contributed by atoms with E-state index in [9.17, 15) is 9.59 Å². The van der Waals surface area contributed by atoms with Gasteiger partial charge in [0, 0.05) is 30.6 Å². The van der Waals surface area contributed by atoms with E-state index < -0.39 is 0 Å². The maximum atomic E-state index is 12.7. The van der Waals surface area contributed by atoms with E-state index in [0.29, 0.717) is 11.4 Å². The second-order valence-electron chi connectivity index (χ2n) is 8.29. The lowest BCUT2D eigenvalue weighted by Gasteiger charge is -2.26. The number of hydrogen-bond acceptors (Lipinski definition) is 4. The molecule has 6 nitrogen and oxygen atoms in total. The largest absolute Gasteiger partial charge is 0.350 e. The monoisotopic (exact) mass is 382 g/mol. The maximum absolute atomic E-state index is 12.7. The molecule has 4 rings (SSSR count). The summed E-state index contributed by atoms with van der Waals surface area (Å²) < 4.78 is 1.30. The lowest BCUT2D eigenvalue weighted by Crippen LogP contribution is -2.42. The molecule has 1 aliphatic carbocycles. The van der Waals surface area contributed by atoms with Crippen LogP contribution in [-0.4, -0.2) is 45.8 Å². The van der Waals surface area contributed by atoms with Gasteiger partial charge in [-0.05, 0) is 32.3 Å². The Balaban J connectivity index is 1.38. The minimum absolute atomic E-state index is 0.0234. The van der Waals surface area contributed by atoms with Crippen LogP contribution in [0.15, 0.2) is 29.1 Å². The molecule has 0 bridgehead atoms. The smallest absolute Gasteiger partial charge is 0.275 e. The highest BCUT2D eigenvalue weighted by atomic mass is 16.2. The van der Waals surface area contributed by atoms with Crippen molar-refractivity contribution in [2.24, 2.45) is 0 Å². The van der Waals surface area contributed by atoms with Crippen molar-refractivity contribution >= 4 is 16.7 Å². The van der Waals surface area contributed by atoms with Gasteiger partial charge in [-0.3, -0.25) is 14.5 Å². The van der Waals surface area contributed by atoms with Gasteiger partial charge in [-0.1, -0.05) is 43.9 Å². The molecule has 1 N–H and O–H groups in total. The van der Waals surface area contributed by atoms with Crippen LogP contribution in [0.3, 0.4) is 0 Å². The molecular weight excluding hydrogens is 352 g/mol. The van der Waals surface area contributed by atoms with Crippen LogP contribution < -0.4 is 10.9 Å². The van der Waals surface area contributed by atoms with E-state index in [2.05, 4.69) is 15.3 Å². The van der Waals surface area contributed by atoms with Gasteiger partial charge in [-0.25, -0.2) is 4.68 Å². The SMILES string of the molecule is Cc1nn(CC(=O)NC2CCN(C3CCCCCC3)C2)c(=O)c2ccccc12. The number of amides is 1. The summed E-state index contributed by atoms with van der Waals surface area (Å²) in [6.07, 6.45) is 8.94. The van der Waals surface area contributed by atoms with Crippen molar-refractivity contribution in [3.63, 3.8) is 0 Å². The Kier molecular flexibility index (Phi) is 5.76. The lowest BCUT2D eigenvalue weighted by atomic mass is 10.1. The number of aromatic nitrogens is 2. The topological polar surface area (TPSA) is 67.2 Å². The quantitative estimate of drug-likeness (QED) is 0.826. The number of likely N-dealkylation sites (tertiary alicyclic amines) is 1. The molecule has 0 spiro atoms. The van der Waals surface area contributed by atoms with Crippen LogP contribution in [0.4, 0.5) is 0 Å². The first-order chi connectivity index (χ1) is 13.6. The highest BCUT2D eigenvalue weighted by molar-refractivity contribution is 5.83. The van der Waals surface area contributed by atoms with Crippen molar-refractivity contribution in [3.8, 4) is 0 Å². The van der Waals surface area contributed by atoms with Gasteiger partial charge in [0.1, 0.15) is 6.54 Å². The third kappa shape index (κ3) is 4.12. The summed E-state index contributed by atoms with van der Waals surface area (Å²) in [5, 5.41) is 8.93. The van der Waals surface area contributed by atoms with Crippen molar-refractivity contribution in [2.75, 3.05) is 13.1 Å². The number of rotatable bonds is 4. The molecule has 1 amide bonds. The molecule has 1 saturated carbocycles. The third-order valence-electron chi connectivity index (χ3n) is 6.27.